The van der Waals surface area contributed by atoms with Crippen LogP contribution in [0.4, 0.5) is 10.5 Å². The zero-order chi connectivity index (χ0) is 31.6. The smallest absolute Gasteiger partial charge is 0.322 e. The van der Waals surface area contributed by atoms with Crippen LogP contribution in [-0.4, -0.2) is 83.1 Å². The summed E-state index contributed by atoms with van der Waals surface area (Å²) in [6, 6.07) is 16.7. The lowest BCUT2D eigenvalue weighted by molar-refractivity contribution is -0.137. The molecule has 9 heteroatoms. The average molecular weight is 632 g/mol. The summed E-state index contributed by atoms with van der Waals surface area (Å²) in [6.07, 6.45) is 5.68. The number of nitrogens with zero attached hydrogens (tertiary/aromatic N) is 3. The van der Waals surface area contributed by atoms with Crippen molar-refractivity contribution in [3.63, 3.8) is 0 Å². The normalized spacial score (nSPS) is 23.6. The molecule has 2 aromatic rings. The number of rotatable bonds is 7. The zero-order valence-corrected chi connectivity index (χ0v) is 27.9. The van der Waals surface area contributed by atoms with E-state index in [1.54, 1.807) is 11.8 Å². The predicted molar refractivity (Wildman–Crippen MR) is 181 cm³/mol. The van der Waals surface area contributed by atoms with Crippen LogP contribution in [0.1, 0.15) is 87.3 Å². The number of hydrogen-bond acceptors (Lipinski definition) is 5. The SMILES string of the molecule is CC(C)(C)CCN1C(=O)[C@H](CC(=O)N2CCC(N3CCc4ccccc4NC3=O)CC2)S[C@@H]1c1ccccc1C1CCNCC1. The van der Waals surface area contributed by atoms with E-state index in [0.717, 1.165) is 62.9 Å². The Morgan fingerprint density at radius 3 is 2.33 bits per heavy atom. The van der Waals surface area contributed by atoms with Crippen molar-refractivity contribution in [3.8, 4) is 0 Å². The molecule has 2 atom stereocenters. The third-order valence-electron chi connectivity index (χ3n) is 10.0. The van der Waals surface area contributed by atoms with Gasteiger partial charge in [0.15, 0.2) is 0 Å². The molecule has 0 aromatic heterocycles. The van der Waals surface area contributed by atoms with Gasteiger partial charge in [-0.2, -0.15) is 0 Å². The molecule has 4 amide bonds. The molecule has 3 fully saturated rings. The number of carbonyl (C=O) groups is 3. The van der Waals surface area contributed by atoms with E-state index in [4.69, 9.17) is 0 Å². The minimum atomic E-state index is -0.379. The van der Waals surface area contributed by atoms with Gasteiger partial charge in [-0.05, 0) is 85.7 Å². The Morgan fingerprint density at radius 1 is 0.911 bits per heavy atom. The number of urea groups is 1. The van der Waals surface area contributed by atoms with E-state index in [1.165, 1.54) is 11.1 Å². The standard InChI is InChI=1S/C36H49N5O3S/c1-36(2,3)17-23-41-33(43)31(45-34(41)29-10-6-5-9-28(29)25-12-18-37-19-13-25)24-32(42)39-20-15-27(16-21-39)40-22-14-26-8-4-7-11-30(26)38-35(40)44/h4-11,25,27,31,34,37H,12-24H2,1-3H3,(H,38,44)/t31-,34+/m0/s1. The average Bonchev–Trinajstić information content (AvgIpc) is 3.24. The van der Waals surface area contributed by atoms with Crippen LogP contribution in [0.3, 0.4) is 0 Å². The van der Waals surface area contributed by atoms with Gasteiger partial charge in [-0.1, -0.05) is 63.2 Å². The number of amides is 4. The molecular formula is C36H49N5O3S. The van der Waals surface area contributed by atoms with E-state index in [-0.39, 0.29) is 46.3 Å². The maximum atomic E-state index is 14.0. The summed E-state index contributed by atoms with van der Waals surface area (Å²) in [6.45, 7) is 11.3. The van der Waals surface area contributed by atoms with E-state index in [1.807, 2.05) is 28.0 Å². The van der Waals surface area contributed by atoms with Crippen LogP contribution in [0.25, 0.3) is 0 Å². The molecule has 242 valence electrons. The molecular weight excluding hydrogens is 582 g/mol. The van der Waals surface area contributed by atoms with Crippen molar-refractivity contribution in [2.75, 3.05) is 44.6 Å². The molecule has 8 nitrogen and oxygen atoms in total. The lowest BCUT2D eigenvalue weighted by atomic mass is 9.86. The molecule has 4 aliphatic rings. The first-order valence-corrected chi connectivity index (χ1v) is 17.8. The second-order valence-corrected chi connectivity index (χ2v) is 15.6. The topological polar surface area (TPSA) is 85.0 Å². The second kappa shape index (κ2) is 13.8. The predicted octanol–water partition coefficient (Wildman–Crippen LogP) is 6.00. The minimum Gasteiger partial charge on any atom is -0.342 e. The minimum absolute atomic E-state index is 0.0510. The van der Waals surface area contributed by atoms with E-state index in [2.05, 4.69) is 66.6 Å². The first-order chi connectivity index (χ1) is 21.7. The molecule has 0 bridgehead atoms. The number of para-hydroxylation sites is 1. The number of anilines is 1. The summed E-state index contributed by atoms with van der Waals surface area (Å²) in [4.78, 5) is 46.7. The fourth-order valence-electron chi connectivity index (χ4n) is 7.34. The highest BCUT2D eigenvalue weighted by Gasteiger charge is 2.44. The van der Waals surface area contributed by atoms with Crippen LogP contribution in [-0.2, 0) is 16.0 Å². The fourth-order valence-corrected chi connectivity index (χ4v) is 8.86. The highest BCUT2D eigenvalue weighted by atomic mass is 32.2. The summed E-state index contributed by atoms with van der Waals surface area (Å²) in [5.74, 6) is 0.638. The van der Waals surface area contributed by atoms with Crippen LogP contribution in [0, 0.1) is 5.41 Å². The Morgan fingerprint density at radius 2 is 1.60 bits per heavy atom. The molecule has 2 N–H and O–H groups in total. The largest absolute Gasteiger partial charge is 0.342 e. The lowest BCUT2D eigenvalue weighted by Gasteiger charge is -2.38. The van der Waals surface area contributed by atoms with E-state index >= 15 is 0 Å². The fraction of sp³-hybridized carbons (Fsp3) is 0.583. The quantitative estimate of drug-likeness (QED) is 0.392. The summed E-state index contributed by atoms with van der Waals surface area (Å²) >= 11 is 1.67. The monoisotopic (exact) mass is 631 g/mol. The van der Waals surface area contributed by atoms with Gasteiger partial charge in [0.25, 0.3) is 0 Å². The number of benzene rings is 2. The number of nitrogens with one attached hydrogen (secondary N) is 2. The summed E-state index contributed by atoms with van der Waals surface area (Å²) in [7, 11) is 0. The Balaban J connectivity index is 1.11. The maximum absolute atomic E-state index is 14.0. The van der Waals surface area contributed by atoms with Crippen LogP contribution >= 0.6 is 11.8 Å². The van der Waals surface area contributed by atoms with Crippen LogP contribution < -0.4 is 10.6 Å². The Kier molecular flexibility index (Phi) is 9.76. The first kappa shape index (κ1) is 31.9. The summed E-state index contributed by atoms with van der Waals surface area (Å²) in [5.41, 5.74) is 4.76. The van der Waals surface area contributed by atoms with Crippen molar-refractivity contribution in [3.05, 3.63) is 65.2 Å². The van der Waals surface area contributed by atoms with Gasteiger partial charge in [-0.15, -0.1) is 11.8 Å². The molecule has 0 radical (unpaired) electrons. The van der Waals surface area contributed by atoms with Gasteiger partial charge in [-0.25, -0.2) is 4.79 Å². The van der Waals surface area contributed by atoms with Gasteiger partial charge in [0, 0.05) is 44.3 Å². The Labute approximate surface area is 272 Å². The molecule has 4 heterocycles. The van der Waals surface area contributed by atoms with Crippen molar-refractivity contribution in [1.29, 1.82) is 0 Å². The summed E-state index contributed by atoms with van der Waals surface area (Å²) < 4.78 is 0. The number of carbonyl (C=O) groups excluding carboxylic acids is 3. The van der Waals surface area contributed by atoms with Crippen molar-refractivity contribution in [2.45, 2.75) is 88.3 Å². The van der Waals surface area contributed by atoms with Crippen LogP contribution in [0.2, 0.25) is 0 Å². The molecule has 3 saturated heterocycles. The molecule has 2 aromatic carbocycles. The van der Waals surface area contributed by atoms with Crippen molar-refractivity contribution < 1.29 is 14.4 Å². The number of piperidine rings is 2. The van der Waals surface area contributed by atoms with Crippen molar-refractivity contribution >= 4 is 35.3 Å². The molecule has 45 heavy (non-hydrogen) atoms. The van der Waals surface area contributed by atoms with Crippen molar-refractivity contribution in [1.82, 2.24) is 20.0 Å². The van der Waals surface area contributed by atoms with Crippen LogP contribution in [0.15, 0.2) is 48.5 Å². The molecule has 4 aliphatic heterocycles. The first-order valence-electron chi connectivity index (χ1n) is 16.9. The van der Waals surface area contributed by atoms with Gasteiger partial charge < -0.3 is 25.3 Å². The Hall–Kier alpha value is -3.04. The van der Waals surface area contributed by atoms with Gasteiger partial charge in [0.05, 0.1) is 5.25 Å². The number of hydrogen-bond donors (Lipinski definition) is 2. The molecule has 0 unspecified atom stereocenters. The second-order valence-electron chi connectivity index (χ2n) is 14.3. The Bertz CT molecular complexity index is 1380. The van der Waals surface area contributed by atoms with E-state index < -0.39 is 0 Å². The third-order valence-corrected chi connectivity index (χ3v) is 11.5. The number of likely N-dealkylation sites (tertiary alicyclic amines) is 1. The van der Waals surface area contributed by atoms with Crippen LogP contribution in [0.5, 0.6) is 0 Å². The highest BCUT2D eigenvalue weighted by Crippen LogP contribution is 2.47. The molecule has 0 saturated carbocycles. The van der Waals surface area contributed by atoms with E-state index in [0.29, 0.717) is 32.1 Å². The molecule has 0 spiro atoms. The van der Waals surface area contributed by atoms with Gasteiger partial charge in [0.1, 0.15) is 5.37 Å². The van der Waals surface area contributed by atoms with E-state index in [9.17, 15) is 14.4 Å². The lowest BCUT2D eigenvalue weighted by Crippen LogP contribution is -2.50. The van der Waals surface area contributed by atoms with Gasteiger partial charge in [0.2, 0.25) is 11.8 Å². The third kappa shape index (κ3) is 7.35. The molecule has 6 rings (SSSR count). The zero-order valence-electron chi connectivity index (χ0n) is 27.1. The van der Waals surface area contributed by atoms with Gasteiger partial charge in [-0.3, -0.25) is 9.59 Å². The maximum Gasteiger partial charge on any atom is 0.322 e. The van der Waals surface area contributed by atoms with Crippen molar-refractivity contribution in [2.24, 2.45) is 5.41 Å². The highest BCUT2D eigenvalue weighted by molar-refractivity contribution is 8.01. The number of thioether (sulfide) groups is 1. The molecule has 0 aliphatic carbocycles. The number of fused-ring (bicyclic) bond motifs is 1. The van der Waals surface area contributed by atoms with Gasteiger partial charge >= 0.3 is 6.03 Å². The summed E-state index contributed by atoms with van der Waals surface area (Å²) in [5, 5.41) is 6.12.